The van der Waals surface area contributed by atoms with Gasteiger partial charge in [-0.05, 0) is 35.4 Å². The maximum Gasteiger partial charge on any atom is 0.573 e. The summed E-state index contributed by atoms with van der Waals surface area (Å²) < 4.78 is 45.8. The summed E-state index contributed by atoms with van der Waals surface area (Å²) in [6.45, 7) is -0.256. The maximum atomic E-state index is 13.1. The number of nitrogens with zero attached hydrogens (tertiary/aromatic N) is 4. The van der Waals surface area contributed by atoms with Gasteiger partial charge in [0.2, 0.25) is 0 Å². The number of halogens is 4. The minimum atomic E-state index is -4.84. The molecule has 12 heteroatoms. The zero-order valence-corrected chi connectivity index (χ0v) is 19.2. The van der Waals surface area contributed by atoms with Gasteiger partial charge in [-0.3, -0.25) is 13.9 Å². The van der Waals surface area contributed by atoms with Crippen LogP contribution in [-0.4, -0.2) is 36.8 Å². The highest BCUT2D eigenvalue weighted by atomic mass is 35.5. The quantitative estimate of drug-likeness (QED) is 0.414. The largest absolute Gasteiger partial charge is 0.573 e. The fourth-order valence-electron chi connectivity index (χ4n) is 3.82. The Morgan fingerprint density at radius 1 is 1.06 bits per heavy atom. The Morgan fingerprint density at radius 2 is 1.77 bits per heavy atom. The highest BCUT2D eigenvalue weighted by molar-refractivity contribution is 6.30. The van der Waals surface area contributed by atoms with Gasteiger partial charge in [0, 0.05) is 25.0 Å². The van der Waals surface area contributed by atoms with Crippen LogP contribution in [0.3, 0.4) is 0 Å². The molecular formula is C23H20ClF3N4O4. The summed E-state index contributed by atoms with van der Waals surface area (Å²) in [6.07, 6.45) is -4.79. The van der Waals surface area contributed by atoms with Crippen molar-refractivity contribution in [3.05, 3.63) is 91.3 Å². The average Bonchev–Trinajstić information content (AvgIpc) is 3.13. The molecule has 0 bridgehead atoms. The minimum Gasteiger partial charge on any atom is -0.406 e. The van der Waals surface area contributed by atoms with Crippen LogP contribution in [0, 0.1) is 0 Å². The fourth-order valence-corrected chi connectivity index (χ4v) is 3.94. The molecule has 0 atom stereocenters. The third kappa shape index (κ3) is 5.25. The third-order valence-corrected chi connectivity index (χ3v) is 5.63. The number of benzene rings is 2. The lowest BCUT2D eigenvalue weighted by Crippen LogP contribution is -2.39. The van der Waals surface area contributed by atoms with Gasteiger partial charge in [0.15, 0.2) is 11.2 Å². The smallest absolute Gasteiger partial charge is 0.406 e. The molecule has 4 aromatic rings. The lowest BCUT2D eigenvalue weighted by molar-refractivity contribution is -0.274. The Morgan fingerprint density at radius 3 is 2.43 bits per heavy atom. The standard InChI is InChI=1S/C23H20ClF3N4O4/c1-29-21(33)19-20(30(9-10-32)22(29)34)28-18(31(19)13-14-5-7-16(24)8-6-14)12-15-3-2-4-17(11-15)35-23(25,26)27/h2-8,11,32H,9-10,12-13H2,1H3. The summed E-state index contributed by atoms with van der Waals surface area (Å²) in [7, 11) is 1.33. The van der Waals surface area contributed by atoms with E-state index in [-0.39, 0.29) is 43.0 Å². The topological polar surface area (TPSA) is 91.3 Å². The molecule has 0 spiro atoms. The van der Waals surface area contributed by atoms with E-state index in [1.165, 1.54) is 29.8 Å². The minimum absolute atomic E-state index is 0.0494. The first-order valence-corrected chi connectivity index (χ1v) is 10.8. The van der Waals surface area contributed by atoms with Gasteiger partial charge in [-0.2, -0.15) is 0 Å². The zero-order chi connectivity index (χ0) is 25.3. The molecule has 8 nitrogen and oxygen atoms in total. The summed E-state index contributed by atoms with van der Waals surface area (Å²) in [6, 6.07) is 12.4. The highest BCUT2D eigenvalue weighted by Crippen LogP contribution is 2.25. The molecule has 184 valence electrons. The normalized spacial score (nSPS) is 11.8. The Hall–Kier alpha value is -3.57. The van der Waals surface area contributed by atoms with E-state index in [0.29, 0.717) is 16.4 Å². The molecule has 0 saturated carbocycles. The van der Waals surface area contributed by atoms with E-state index in [4.69, 9.17) is 11.6 Å². The summed E-state index contributed by atoms with van der Waals surface area (Å²) in [5.74, 6) is -0.0445. The van der Waals surface area contributed by atoms with E-state index < -0.39 is 17.6 Å². The number of ether oxygens (including phenoxy) is 1. The first kappa shape index (κ1) is 24.6. The SMILES string of the molecule is Cn1c(=O)c2c(nc(Cc3cccc(OC(F)(F)F)c3)n2Cc2ccc(Cl)cc2)n(CCO)c1=O. The fraction of sp³-hybridized carbons (Fsp3) is 0.261. The Labute approximate surface area is 201 Å². The second-order valence-corrected chi connectivity index (χ2v) is 8.24. The van der Waals surface area contributed by atoms with Gasteiger partial charge in [-0.1, -0.05) is 35.9 Å². The number of aromatic nitrogens is 4. The van der Waals surface area contributed by atoms with Gasteiger partial charge in [0.05, 0.1) is 13.2 Å². The van der Waals surface area contributed by atoms with E-state index in [1.807, 2.05) is 0 Å². The van der Waals surface area contributed by atoms with Gasteiger partial charge in [0.1, 0.15) is 11.6 Å². The average molecular weight is 509 g/mol. The number of hydrogen-bond donors (Lipinski definition) is 1. The first-order valence-electron chi connectivity index (χ1n) is 10.5. The van der Waals surface area contributed by atoms with Crippen molar-refractivity contribution in [3.63, 3.8) is 0 Å². The van der Waals surface area contributed by atoms with Crippen LogP contribution in [-0.2, 0) is 26.6 Å². The second kappa shape index (κ2) is 9.59. The number of alkyl halides is 3. The molecule has 1 N–H and O–H groups in total. The molecule has 2 aromatic carbocycles. The third-order valence-electron chi connectivity index (χ3n) is 5.38. The van der Waals surface area contributed by atoms with Crippen molar-refractivity contribution in [2.45, 2.75) is 25.9 Å². The predicted octanol–water partition coefficient (Wildman–Crippen LogP) is 3.08. The summed E-state index contributed by atoms with van der Waals surface area (Å²) in [5.41, 5.74) is 0.228. The monoisotopic (exact) mass is 508 g/mol. The zero-order valence-electron chi connectivity index (χ0n) is 18.4. The van der Waals surface area contributed by atoms with E-state index >= 15 is 0 Å². The summed E-state index contributed by atoms with van der Waals surface area (Å²) in [4.78, 5) is 30.3. The van der Waals surface area contributed by atoms with Crippen LogP contribution < -0.4 is 16.0 Å². The first-order chi connectivity index (χ1) is 16.6. The Bertz CT molecular complexity index is 1490. The molecule has 0 fully saturated rings. The molecule has 0 aliphatic heterocycles. The van der Waals surface area contributed by atoms with Crippen molar-refractivity contribution in [3.8, 4) is 5.75 Å². The lowest BCUT2D eigenvalue weighted by Gasteiger charge is -2.12. The van der Waals surface area contributed by atoms with Crippen molar-refractivity contribution in [1.29, 1.82) is 0 Å². The molecule has 0 radical (unpaired) electrons. The van der Waals surface area contributed by atoms with Gasteiger partial charge in [-0.25, -0.2) is 9.78 Å². The molecule has 35 heavy (non-hydrogen) atoms. The molecule has 0 unspecified atom stereocenters. The maximum absolute atomic E-state index is 13.1. The van der Waals surface area contributed by atoms with Crippen molar-refractivity contribution in [2.24, 2.45) is 7.05 Å². The van der Waals surface area contributed by atoms with Gasteiger partial charge < -0.3 is 14.4 Å². The van der Waals surface area contributed by atoms with Crippen molar-refractivity contribution < 1.29 is 23.0 Å². The lowest BCUT2D eigenvalue weighted by atomic mass is 10.1. The van der Waals surface area contributed by atoms with Crippen molar-refractivity contribution >= 4 is 22.8 Å². The number of hydrogen-bond acceptors (Lipinski definition) is 5. The number of imidazole rings is 1. The molecule has 0 aliphatic carbocycles. The van der Waals surface area contributed by atoms with E-state index in [0.717, 1.165) is 10.1 Å². The molecular weight excluding hydrogens is 489 g/mol. The Kier molecular flexibility index (Phi) is 6.73. The predicted molar refractivity (Wildman–Crippen MR) is 123 cm³/mol. The van der Waals surface area contributed by atoms with Crippen LogP contribution >= 0.6 is 11.6 Å². The number of fused-ring (bicyclic) bond motifs is 1. The molecule has 0 amide bonds. The van der Waals surface area contributed by atoms with Crippen LogP contribution in [0.4, 0.5) is 13.2 Å². The van der Waals surface area contributed by atoms with Crippen molar-refractivity contribution in [1.82, 2.24) is 18.7 Å². The van der Waals surface area contributed by atoms with Crippen LogP contribution in [0.1, 0.15) is 17.0 Å². The number of rotatable bonds is 7. The van der Waals surface area contributed by atoms with Gasteiger partial charge in [-0.15, -0.1) is 13.2 Å². The van der Waals surface area contributed by atoms with Gasteiger partial charge in [0.25, 0.3) is 5.56 Å². The van der Waals surface area contributed by atoms with E-state index in [1.54, 1.807) is 34.9 Å². The van der Waals surface area contributed by atoms with E-state index in [9.17, 15) is 27.9 Å². The number of aliphatic hydroxyl groups excluding tert-OH is 1. The molecule has 4 rings (SSSR count). The van der Waals surface area contributed by atoms with Crippen LogP contribution in [0.2, 0.25) is 5.02 Å². The molecule has 2 aromatic heterocycles. The van der Waals surface area contributed by atoms with Crippen LogP contribution in [0.15, 0.2) is 58.1 Å². The molecule has 0 saturated heterocycles. The van der Waals surface area contributed by atoms with Crippen LogP contribution in [0.5, 0.6) is 5.75 Å². The number of aliphatic hydroxyl groups is 1. The molecule has 2 heterocycles. The van der Waals surface area contributed by atoms with E-state index in [2.05, 4.69) is 9.72 Å². The highest BCUT2D eigenvalue weighted by Gasteiger charge is 2.31. The second-order valence-electron chi connectivity index (χ2n) is 7.81. The summed E-state index contributed by atoms with van der Waals surface area (Å²) >= 11 is 5.98. The van der Waals surface area contributed by atoms with Crippen LogP contribution in [0.25, 0.3) is 11.2 Å². The van der Waals surface area contributed by atoms with Crippen molar-refractivity contribution in [2.75, 3.05) is 6.61 Å². The Balaban J connectivity index is 1.89. The molecule has 0 aliphatic rings. The van der Waals surface area contributed by atoms with Gasteiger partial charge >= 0.3 is 12.1 Å². The summed E-state index contributed by atoms with van der Waals surface area (Å²) in [5, 5.41) is 9.99.